The molecule has 0 spiro atoms. The Hall–Kier alpha value is -3.95. The molecule has 0 unspecified atom stereocenters. The minimum absolute atomic E-state index is 0.115. The van der Waals surface area contributed by atoms with E-state index in [0.29, 0.717) is 43.1 Å². The summed E-state index contributed by atoms with van der Waals surface area (Å²) in [5.41, 5.74) is 2.84. The van der Waals surface area contributed by atoms with E-state index in [4.69, 9.17) is 4.74 Å². The van der Waals surface area contributed by atoms with Crippen LogP contribution in [0.4, 0.5) is 5.69 Å². The number of hydrogen-bond acceptors (Lipinski definition) is 6. The molecule has 0 aliphatic carbocycles. The van der Waals surface area contributed by atoms with E-state index in [0.717, 1.165) is 11.1 Å². The van der Waals surface area contributed by atoms with Gasteiger partial charge in [-0.05, 0) is 83.4 Å². The van der Waals surface area contributed by atoms with Crippen LogP contribution in [-0.4, -0.2) is 22.2 Å². The summed E-state index contributed by atoms with van der Waals surface area (Å²) in [6.07, 6.45) is 1.76. The Kier molecular flexibility index (Phi) is 7.31. The van der Waals surface area contributed by atoms with Crippen LogP contribution >= 0.6 is 27.3 Å². The number of phenols is 1. The number of anilines is 1. The van der Waals surface area contributed by atoms with Gasteiger partial charge in [0.1, 0.15) is 11.5 Å². The van der Waals surface area contributed by atoms with E-state index in [-0.39, 0.29) is 17.2 Å². The van der Waals surface area contributed by atoms with Crippen LogP contribution < -0.4 is 24.9 Å². The molecular weight excluding hydrogens is 566 g/mol. The van der Waals surface area contributed by atoms with E-state index in [9.17, 15) is 14.7 Å². The quantitative estimate of drug-likeness (QED) is 0.340. The lowest BCUT2D eigenvalue weighted by Gasteiger charge is -2.25. The zero-order valence-electron chi connectivity index (χ0n) is 20.6. The van der Waals surface area contributed by atoms with E-state index in [2.05, 4.69) is 26.2 Å². The average molecular weight is 590 g/mol. The number of phenolic OH excluding ortho intramolecular Hbond substituents is 1. The molecule has 2 heterocycles. The smallest absolute Gasteiger partial charge is 0.271 e. The van der Waals surface area contributed by atoms with Gasteiger partial charge in [-0.2, -0.15) is 0 Å². The average Bonchev–Trinajstić information content (AvgIpc) is 3.20. The highest BCUT2D eigenvalue weighted by Crippen LogP contribution is 2.32. The summed E-state index contributed by atoms with van der Waals surface area (Å²) in [6, 6.07) is 21.0. The third-order valence-electron chi connectivity index (χ3n) is 6.07. The lowest BCUT2D eigenvalue weighted by molar-refractivity contribution is -0.113. The lowest BCUT2D eigenvalue weighted by atomic mass is 9.95. The molecule has 9 heteroatoms. The van der Waals surface area contributed by atoms with Crippen molar-refractivity contribution >= 4 is 44.9 Å². The van der Waals surface area contributed by atoms with Crippen LogP contribution in [0.3, 0.4) is 0 Å². The van der Waals surface area contributed by atoms with E-state index >= 15 is 0 Å². The second-order valence-electron chi connectivity index (χ2n) is 8.61. The molecular formula is C29H24BrN3O4S. The highest BCUT2D eigenvalue weighted by molar-refractivity contribution is 9.10. The van der Waals surface area contributed by atoms with Crippen molar-refractivity contribution in [3.8, 4) is 11.5 Å². The Morgan fingerprint density at radius 2 is 1.89 bits per heavy atom. The summed E-state index contributed by atoms with van der Waals surface area (Å²) in [5, 5.41) is 12.8. The zero-order chi connectivity index (χ0) is 26.8. The predicted molar refractivity (Wildman–Crippen MR) is 152 cm³/mol. The maximum Gasteiger partial charge on any atom is 0.271 e. The second-order valence-corrected chi connectivity index (χ2v) is 10.5. The molecule has 1 atom stereocenters. The molecule has 0 saturated carbocycles. The van der Waals surface area contributed by atoms with Crippen LogP contribution in [0.5, 0.6) is 11.5 Å². The third-order valence-corrected chi connectivity index (χ3v) is 7.69. The van der Waals surface area contributed by atoms with Crippen LogP contribution in [0.15, 0.2) is 98.3 Å². The van der Waals surface area contributed by atoms with Gasteiger partial charge in [-0.3, -0.25) is 14.2 Å². The van der Waals surface area contributed by atoms with Gasteiger partial charge in [-0.1, -0.05) is 47.7 Å². The Morgan fingerprint density at radius 1 is 1.16 bits per heavy atom. The number of halogens is 1. The van der Waals surface area contributed by atoms with Crippen molar-refractivity contribution in [2.75, 3.05) is 11.9 Å². The summed E-state index contributed by atoms with van der Waals surface area (Å²) < 4.78 is 8.18. The fourth-order valence-corrected chi connectivity index (χ4v) is 5.77. The second kappa shape index (κ2) is 10.8. The largest absolute Gasteiger partial charge is 0.507 e. The third kappa shape index (κ3) is 5.07. The first-order valence-corrected chi connectivity index (χ1v) is 13.6. The first-order valence-electron chi connectivity index (χ1n) is 12.0. The number of amides is 1. The number of hydrogen-bond donors (Lipinski definition) is 2. The van der Waals surface area contributed by atoms with Crippen molar-refractivity contribution in [1.82, 2.24) is 4.57 Å². The van der Waals surface area contributed by atoms with E-state index in [1.54, 1.807) is 35.8 Å². The standard InChI is InChI=1S/C29H24BrN3O4S/c1-3-37-21-12-10-19(11-13-21)26-25(27(35)32-20-7-5-4-6-8-20)17(2)31-29-33(26)28(36)24(38-29)16-18-9-14-23(34)22(30)15-18/h4-16,26,34H,3H2,1-2H3,(H,32,35)/b24-16-/t26-/m1/s1. The normalized spacial score (nSPS) is 15.1. The monoisotopic (exact) mass is 589 g/mol. The molecule has 7 nitrogen and oxygen atoms in total. The van der Waals surface area contributed by atoms with Crippen molar-refractivity contribution < 1.29 is 14.6 Å². The van der Waals surface area contributed by atoms with Gasteiger partial charge in [0.25, 0.3) is 11.5 Å². The van der Waals surface area contributed by atoms with Gasteiger partial charge in [0.2, 0.25) is 0 Å². The first kappa shape index (κ1) is 25.7. The minimum atomic E-state index is -0.681. The first-order chi connectivity index (χ1) is 18.4. The van der Waals surface area contributed by atoms with Gasteiger partial charge in [-0.15, -0.1) is 0 Å². The fourth-order valence-electron chi connectivity index (χ4n) is 4.32. The summed E-state index contributed by atoms with van der Waals surface area (Å²) in [4.78, 5) is 32.6. The molecule has 38 heavy (non-hydrogen) atoms. The molecule has 3 aromatic carbocycles. The molecule has 0 radical (unpaired) electrons. The predicted octanol–water partition coefficient (Wildman–Crippen LogP) is 4.74. The highest BCUT2D eigenvalue weighted by Gasteiger charge is 2.32. The van der Waals surface area contributed by atoms with Gasteiger partial charge < -0.3 is 15.2 Å². The number of nitrogens with one attached hydrogen (secondary N) is 1. The molecule has 1 aromatic heterocycles. The van der Waals surface area contributed by atoms with Gasteiger partial charge in [0, 0.05) is 5.69 Å². The zero-order valence-corrected chi connectivity index (χ0v) is 23.0. The number of fused-ring (bicyclic) bond motifs is 1. The van der Waals surface area contributed by atoms with Gasteiger partial charge in [0.05, 0.1) is 32.9 Å². The molecule has 1 amide bonds. The number of benzene rings is 3. The number of carbonyl (C=O) groups excluding carboxylic acids is 1. The molecule has 0 fully saturated rings. The highest BCUT2D eigenvalue weighted by atomic mass is 79.9. The minimum Gasteiger partial charge on any atom is -0.507 e. The summed E-state index contributed by atoms with van der Waals surface area (Å²) in [6.45, 7) is 4.23. The maximum absolute atomic E-state index is 13.8. The summed E-state index contributed by atoms with van der Waals surface area (Å²) in [5.74, 6) is 0.495. The Bertz CT molecular complexity index is 1720. The fraction of sp³-hybridized carbons (Fsp3) is 0.138. The van der Waals surface area contributed by atoms with E-state index in [1.165, 1.54) is 11.3 Å². The van der Waals surface area contributed by atoms with Gasteiger partial charge in [-0.25, -0.2) is 4.99 Å². The topological polar surface area (TPSA) is 92.9 Å². The molecule has 0 saturated heterocycles. The lowest BCUT2D eigenvalue weighted by Crippen LogP contribution is -2.40. The molecule has 4 aromatic rings. The summed E-state index contributed by atoms with van der Waals surface area (Å²) >= 11 is 4.58. The number of para-hydroxylation sites is 1. The number of nitrogens with zero attached hydrogens (tertiary/aromatic N) is 2. The van der Waals surface area contributed by atoms with Crippen LogP contribution in [0.25, 0.3) is 6.08 Å². The Morgan fingerprint density at radius 3 is 2.58 bits per heavy atom. The van der Waals surface area contributed by atoms with Crippen LogP contribution in [0.2, 0.25) is 0 Å². The van der Waals surface area contributed by atoms with E-state index < -0.39 is 6.04 Å². The molecule has 2 N–H and O–H groups in total. The molecule has 1 aliphatic heterocycles. The Labute approximate surface area is 231 Å². The molecule has 0 bridgehead atoms. The van der Waals surface area contributed by atoms with Crippen LogP contribution in [0.1, 0.15) is 31.0 Å². The van der Waals surface area contributed by atoms with Crippen molar-refractivity contribution in [1.29, 1.82) is 0 Å². The van der Waals surface area contributed by atoms with Gasteiger partial charge in [0.15, 0.2) is 4.80 Å². The van der Waals surface area contributed by atoms with Crippen molar-refractivity contribution in [3.05, 3.63) is 119 Å². The van der Waals surface area contributed by atoms with Crippen LogP contribution in [-0.2, 0) is 4.79 Å². The number of thiazole rings is 1. The molecule has 1 aliphatic rings. The number of ether oxygens (including phenoxy) is 1. The number of carbonyl (C=O) groups is 1. The van der Waals surface area contributed by atoms with Crippen molar-refractivity contribution in [2.45, 2.75) is 19.9 Å². The SMILES string of the molecule is CCOc1ccc([C@@H]2C(C(=O)Nc3ccccc3)=C(C)N=c3s/c(=C\c4ccc(O)c(Br)c4)c(=O)n32)cc1. The van der Waals surface area contributed by atoms with E-state index in [1.807, 2.05) is 61.5 Å². The number of allylic oxidation sites excluding steroid dienone is 1. The maximum atomic E-state index is 13.8. The van der Waals surface area contributed by atoms with Crippen molar-refractivity contribution in [2.24, 2.45) is 4.99 Å². The Balaban J connectivity index is 1.66. The summed E-state index contributed by atoms with van der Waals surface area (Å²) in [7, 11) is 0. The number of rotatable bonds is 6. The molecule has 5 rings (SSSR count). The van der Waals surface area contributed by atoms with Gasteiger partial charge >= 0.3 is 0 Å². The molecule has 192 valence electrons. The van der Waals surface area contributed by atoms with Crippen LogP contribution in [0, 0.1) is 0 Å². The number of aromatic nitrogens is 1. The number of aromatic hydroxyl groups is 1. The van der Waals surface area contributed by atoms with Crippen molar-refractivity contribution in [3.63, 3.8) is 0 Å².